The molecule has 4 heteroatoms. The molecule has 1 aliphatic rings. The molecule has 72 valence electrons. The summed E-state index contributed by atoms with van der Waals surface area (Å²) in [5, 5.41) is 0. The maximum absolute atomic E-state index is 11.4. The van der Waals surface area contributed by atoms with Crippen molar-refractivity contribution in [2.45, 2.75) is 20.3 Å². The summed E-state index contributed by atoms with van der Waals surface area (Å²) in [5.74, 6) is 0.344. The van der Waals surface area contributed by atoms with Crippen LogP contribution in [-0.2, 0) is 11.2 Å². The van der Waals surface area contributed by atoms with E-state index in [1.807, 2.05) is 13.0 Å². The number of hydrogen-bond acceptors (Lipinski definition) is 4. The fourth-order valence-corrected chi connectivity index (χ4v) is 1.58. The molecule has 0 amide bonds. The van der Waals surface area contributed by atoms with Crippen LogP contribution in [0, 0.1) is 6.92 Å². The standard InChI is InChI=1S/C10H11N3O/c1-5-3-7-6(2)12-10(11)13-8(7)4-9(5)14/h3H,4H2,1-2H3,(H2,11,12,13). The number of aromatic nitrogens is 2. The Balaban J connectivity index is 2.65. The first-order chi connectivity index (χ1) is 6.58. The molecule has 0 bridgehead atoms. The van der Waals surface area contributed by atoms with Crippen LogP contribution in [0.25, 0.3) is 6.08 Å². The third-order valence-electron chi connectivity index (χ3n) is 2.36. The lowest BCUT2D eigenvalue weighted by atomic mass is 9.95. The summed E-state index contributed by atoms with van der Waals surface area (Å²) < 4.78 is 0. The lowest BCUT2D eigenvalue weighted by Gasteiger charge is -2.13. The number of allylic oxidation sites excluding steroid dienone is 1. The molecule has 2 N–H and O–H groups in total. The van der Waals surface area contributed by atoms with Gasteiger partial charge in [0.2, 0.25) is 5.95 Å². The summed E-state index contributed by atoms with van der Waals surface area (Å²) in [5.41, 5.74) is 8.78. The number of anilines is 1. The fraction of sp³-hybridized carbons (Fsp3) is 0.300. The molecule has 0 atom stereocenters. The normalized spacial score (nSPS) is 15.0. The number of carbonyl (C=O) groups is 1. The average molecular weight is 189 g/mol. The van der Waals surface area contributed by atoms with Crippen LogP contribution in [-0.4, -0.2) is 15.8 Å². The summed E-state index contributed by atoms with van der Waals surface area (Å²) in [4.78, 5) is 19.5. The lowest BCUT2D eigenvalue weighted by molar-refractivity contribution is -0.115. The molecule has 1 aliphatic carbocycles. The first-order valence-electron chi connectivity index (χ1n) is 4.42. The molecular formula is C10H11N3O. The van der Waals surface area contributed by atoms with Gasteiger partial charge in [0.25, 0.3) is 0 Å². The Hall–Kier alpha value is -1.71. The smallest absolute Gasteiger partial charge is 0.220 e. The molecule has 0 unspecified atom stereocenters. The molecule has 0 radical (unpaired) electrons. The molecule has 0 fully saturated rings. The quantitative estimate of drug-likeness (QED) is 0.658. The third kappa shape index (κ3) is 1.28. The first kappa shape index (κ1) is 8.87. The van der Waals surface area contributed by atoms with Crippen molar-refractivity contribution in [3.63, 3.8) is 0 Å². The SMILES string of the molecule is CC1=Cc2c(C)nc(N)nc2CC1=O. The second kappa shape index (κ2) is 2.90. The van der Waals surface area contributed by atoms with Crippen molar-refractivity contribution in [2.75, 3.05) is 5.73 Å². The van der Waals surface area contributed by atoms with Gasteiger partial charge < -0.3 is 5.73 Å². The zero-order valence-corrected chi connectivity index (χ0v) is 8.16. The zero-order chi connectivity index (χ0) is 10.3. The van der Waals surface area contributed by atoms with Crippen LogP contribution in [0.15, 0.2) is 5.57 Å². The Morgan fingerprint density at radius 2 is 2.07 bits per heavy atom. The monoisotopic (exact) mass is 189 g/mol. The van der Waals surface area contributed by atoms with Crippen LogP contribution in [0.3, 0.4) is 0 Å². The minimum absolute atomic E-state index is 0.106. The van der Waals surface area contributed by atoms with Gasteiger partial charge in [-0.2, -0.15) is 0 Å². The molecule has 2 rings (SSSR count). The van der Waals surface area contributed by atoms with Crippen molar-refractivity contribution in [2.24, 2.45) is 0 Å². The van der Waals surface area contributed by atoms with E-state index in [0.29, 0.717) is 6.42 Å². The second-order valence-corrected chi connectivity index (χ2v) is 3.45. The predicted octanol–water partition coefficient (Wildman–Crippen LogP) is 0.896. The van der Waals surface area contributed by atoms with Crippen molar-refractivity contribution in [1.29, 1.82) is 0 Å². The van der Waals surface area contributed by atoms with Gasteiger partial charge in [0.15, 0.2) is 5.78 Å². The predicted molar refractivity (Wildman–Crippen MR) is 53.5 cm³/mol. The molecule has 0 aliphatic heterocycles. The molecule has 1 heterocycles. The van der Waals surface area contributed by atoms with Gasteiger partial charge in [-0.1, -0.05) is 0 Å². The number of carbonyl (C=O) groups excluding carboxylic acids is 1. The average Bonchev–Trinajstić information content (AvgIpc) is 2.08. The molecule has 4 nitrogen and oxygen atoms in total. The molecular weight excluding hydrogens is 178 g/mol. The molecule has 0 saturated heterocycles. The van der Waals surface area contributed by atoms with Crippen molar-refractivity contribution in [3.05, 3.63) is 22.5 Å². The number of rotatable bonds is 0. The number of Topliss-reactive ketones (excluding diaryl/α,β-unsaturated/α-hetero) is 1. The summed E-state index contributed by atoms with van der Waals surface area (Å²) in [6, 6.07) is 0. The van der Waals surface area contributed by atoms with Crippen LogP contribution in [0.1, 0.15) is 23.9 Å². The van der Waals surface area contributed by atoms with Gasteiger partial charge in [-0.25, -0.2) is 9.97 Å². The van der Waals surface area contributed by atoms with Gasteiger partial charge in [0.05, 0.1) is 17.8 Å². The van der Waals surface area contributed by atoms with E-state index in [1.54, 1.807) is 6.92 Å². The molecule has 1 aromatic rings. The van der Waals surface area contributed by atoms with Crippen molar-refractivity contribution in [3.8, 4) is 0 Å². The minimum atomic E-state index is 0.106. The zero-order valence-electron chi connectivity index (χ0n) is 8.16. The van der Waals surface area contributed by atoms with Gasteiger partial charge in [-0.15, -0.1) is 0 Å². The van der Waals surface area contributed by atoms with Gasteiger partial charge in [0.1, 0.15) is 0 Å². The second-order valence-electron chi connectivity index (χ2n) is 3.45. The molecule has 0 aromatic carbocycles. The van der Waals surface area contributed by atoms with Crippen molar-refractivity contribution in [1.82, 2.24) is 9.97 Å². The Bertz CT molecular complexity index is 449. The summed E-state index contributed by atoms with van der Waals surface area (Å²) in [7, 11) is 0. The van der Waals surface area contributed by atoms with E-state index >= 15 is 0 Å². The number of nitrogen functional groups attached to an aromatic ring is 1. The highest BCUT2D eigenvalue weighted by Gasteiger charge is 2.19. The van der Waals surface area contributed by atoms with Gasteiger partial charge in [-0.3, -0.25) is 4.79 Å². The maximum atomic E-state index is 11.4. The van der Waals surface area contributed by atoms with Crippen LogP contribution in [0.4, 0.5) is 5.95 Å². The molecule has 1 aromatic heterocycles. The number of nitrogens with zero attached hydrogens (tertiary/aromatic N) is 2. The van der Waals surface area contributed by atoms with Crippen LogP contribution < -0.4 is 5.73 Å². The highest BCUT2D eigenvalue weighted by molar-refractivity contribution is 6.03. The van der Waals surface area contributed by atoms with E-state index in [0.717, 1.165) is 22.5 Å². The summed E-state index contributed by atoms with van der Waals surface area (Å²) in [6.07, 6.45) is 2.17. The van der Waals surface area contributed by atoms with Crippen LogP contribution in [0.5, 0.6) is 0 Å². The summed E-state index contributed by atoms with van der Waals surface area (Å²) in [6.45, 7) is 3.68. The van der Waals surface area contributed by atoms with E-state index in [2.05, 4.69) is 9.97 Å². The molecule has 0 saturated carbocycles. The van der Waals surface area contributed by atoms with E-state index in [4.69, 9.17) is 5.73 Å². The Morgan fingerprint density at radius 3 is 2.79 bits per heavy atom. The van der Waals surface area contributed by atoms with Gasteiger partial charge >= 0.3 is 0 Å². The Kier molecular flexibility index (Phi) is 1.84. The highest BCUT2D eigenvalue weighted by atomic mass is 16.1. The third-order valence-corrected chi connectivity index (χ3v) is 2.36. The maximum Gasteiger partial charge on any atom is 0.220 e. The minimum Gasteiger partial charge on any atom is -0.368 e. The topological polar surface area (TPSA) is 68.9 Å². The van der Waals surface area contributed by atoms with Crippen LogP contribution >= 0.6 is 0 Å². The number of nitrogens with two attached hydrogens (primary N) is 1. The van der Waals surface area contributed by atoms with Crippen molar-refractivity contribution >= 4 is 17.8 Å². The largest absolute Gasteiger partial charge is 0.368 e. The van der Waals surface area contributed by atoms with Gasteiger partial charge in [0, 0.05) is 5.56 Å². The highest BCUT2D eigenvalue weighted by Crippen LogP contribution is 2.22. The van der Waals surface area contributed by atoms with E-state index in [9.17, 15) is 4.79 Å². The number of hydrogen-bond donors (Lipinski definition) is 1. The lowest BCUT2D eigenvalue weighted by Crippen LogP contribution is -2.15. The number of fused-ring (bicyclic) bond motifs is 1. The van der Waals surface area contributed by atoms with Gasteiger partial charge in [-0.05, 0) is 25.5 Å². The van der Waals surface area contributed by atoms with Crippen molar-refractivity contribution < 1.29 is 4.79 Å². The fourth-order valence-electron chi connectivity index (χ4n) is 1.58. The summed E-state index contributed by atoms with van der Waals surface area (Å²) >= 11 is 0. The molecule has 0 spiro atoms. The number of ketones is 1. The molecule has 14 heavy (non-hydrogen) atoms. The Labute approximate surface area is 81.9 Å². The van der Waals surface area contributed by atoms with E-state index < -0.39 is 0 Å². The number of aryl methyl sites for hydroxylation is 1. The van der Waals surface area contributed by atoms with Crippen LogP contribution in [0.2, 0.25) is 0 Å². The first-order valence-corrected chi connectivity index (χ1v) is 4.42. The van der Waals surface area contributed by atoms with E-state index in [-0.39, 0.29) is 11.7 Å². The van der Waals surface area contributed by atoms with E-state index in [1.165, 1.54) is 0 Å². The Morgan fingerprint density at radius 1 is 1.36 bits per heavy atom.